The number of benzene rings is 1. The third-order valence-electron chi connectivity index (χ3n) is 2.33. The maximum atomic E-state index is 5.45. The van der Waals surface area contributed by atoms with Gasteiger partial charge in [0.25, 0.3) is 0 Å². The number of aryl methyl sites for hydroxylation is 2. The van der Waals surface area contributed by atoms with Crippen LogP contribution in [0.5, 0.6) is 5.75 Å². The number of thiazole rings is 1. The zero-order valence-corrected chi connectivity index (χ0v) is 11.8. The molecule has 1 aromatic heterocycles. The van der Waals surface area contributed by atoms with Gasteiger partial charge in [-0.1, -0.05) is 6.07 Å². The highest BCUT2D eigenvalue weighted by Gasteiger charge is 2.12. The van der Waals surface area contributed by atoms with Gasteiger partial charge in [-0.3, -0.25) is 0 Å². The topological polar surface area (TPSA) is 22.1 Å². The van der Waals surface area contributed by atoms with Crippen molar-refractivity contribution in [1.29, 1.82) is 0 Å². The van der Waals surface area contributed by atoms with Crippen molar-refractivity contribution in [3.63, 3.8) is 0 Å². The molecule has 0 saturated carbocycles. The Balaban J connectivity index is 2.63. The summed E-state index contributed by atoms with van der Waals surface area (Å²) in [4.78, 5) is 4.43. The van der Waals surface area contributed by atoms with Gasteiger partial charge < -0.3 is 4.74 Å². The predicted octanol–water partition coefficient (Wildman–Crippen LogP) is 4.20. The summed E-state index contributed by atoms with van der Waals surface area (Å²) in [5.74, 6) is 0.910. The van der Waals surface area contributed by atoms with Crippen molar-refractivity contribution in [2.75, 3.05) is 7.11 Å². The molecule has 0 radical (unpaired) electrons. The summed E-state index contributed by atoms with van der Waals surface area (Å²) in [5, 5.41) is 2.96. The van der Waals surface area contributed by atoms with Gasteiger partial charge in [0.1, 0.15) is 15.4 Å². The molecule has 0 atom stereocenters. The van der Waals surface area contributed by atoms with E-state index in [1.165, 1.54) is 5.56 Å². The lowest BCUT2D eigenvalue weighted by Gasteiger charge is -2.10. The van der Waals surface area contributed by atoms with E-state index in [0.29, 0.717) is 0 Å². The number of halogens is 1. The highest BCUT2D eigenvalue weighted by Crippen LogP contribution is 2.36. The molecule has 0 amide bonds. The minimum absolute atomic E-state index is 0.869. The standard InChI is InChI=1S/C12H12BrNOS/c1-7-4-8(2)11(15-3)9(5-7)12-14-10(13)6-16-12/h4-6H,1-3H3. The van der Waals surface area contributed by atoms with Crippen LogP contribution in [-0.4, -0.2) is 12.1 Å². The average molecular weight is 298 g/mol. The van der Waals surface area contributed by atoms with Gasteiger partial charge in [-0.25, -0.2) is 4.98 Å². The van der Waals surface area contributed by atoms with Gasteiger partial charge >= 0.3 is 0 Å². The normalized spacial score (nSPS) is 10.5. The molecule has 84 valence electrons. The van der Waals surface area contributed by atoms with Crippen molar-refractivity contribution in [2.24, 2.45) is 0 Å². The molecule has 2 aromatic rings. The minimum atomic E-state index is 0.869. The molecular formula is C12H12BrNOS. The van der Waals surface area contributed by atoms with Gasteiger partial charge in [0.15, 0.2) is 0 Å². The van der Waals surface area contributed by atoms with Gasteiger partial charge in [0.05, 0.1) is 12.7 Å². The number of rotatable bonds is 2. The highest BCUT2D eigenvalue weighted by molar-refractivity contribution is 9.10. The van der Waals surface area contributed by atoms with E-state index in [-0.39, 0.29) is 0 Å². The first-order valence-corrected chi connectivity index (χ1v) is 6.55. The first-order valence-electron chi connectivity index (χ1n) is 4.88. The first-order chi connectivity index (χ1) is 7.61. The molecule has 2 rings (SSSR count). The van der Waals surface area contributed by atoms with E-state index in [1.54, 1.807) is 18.4 Å². The summed E-state index contributed by atoms with van der Waals surface area (Å²) in [6.07, 6.45) is 0. The maximum Gasteiger partial charge on any atom is 0.132 e. The molecule has 2 nitrogen and oxygen atoms in total. The number of hydrogen-bond donors (Lipinski definition) is 0. The summed E-state index contributed by atoms with van der Waals surface area (Å²) in [6, 6.07) is 4.22. The number of aromatic nitrogens is 1. The lowest BCUT2D eigenvalue weighted by Crippen LogP contribution is -1.92. The van der Waals surface area contributed by atoms with Crippen molar-refractivity contribution in [3.05, 3.63) is 33.2 Å². The van der Waals surface area contributed by atoms with Crippen molar-refractivity contribution >= 4 is 27.3 Å². The molecule has 1 heterocycles. The molecule has 1 aromatic carbocycles. The van der Waals surface area contributed by atoms with E-state index in [1.807, 2.05) is 5.38 Å². The van der Waals surface area contributed by atoms with E-state index in [2.05, 4.69) is 46.9 Å². The van der Waals surface area contributed by atoms with Crippen LogP contribution in [0.15, 0.2) is 22.1 Å². The number of ether oxygens (including phenoxy) is 1. The second-order valence-corrected chi connectivity index (χ2v) is 5.31. The SMILES string of the molecule is COc1c(C)cc(C)cc1-c1nc(Br)cs1. The molecule has 0 bridgehead atoms. The number of methoxy groups -OCH3 is 1. The van der Waals surface area contributed by atoms with Gasteiger partial charge in [0.2, 0.25) is 0 Å². The Bertz CT molecular complexity index is 522. The average Bonchev–Trinajstić information content (AvgIpc) is 2.63. The Morgan fingerprint density at radius 3 is 2.62 bits per heavy atom. The minimum Gasteiger partial charge on any atom is -0.496 e. The highest BCUT2D eigenvalue weighted by atomic mass is 79.9. The summed E-state index contributed by atoms with van der Waals surface area (Å²) in [6.45, 7) is 4.14. The first kappa shape index (κ1) is 11.6. The van der Waals surface area contributed by atoms with E-state index in [9.17, 15) is 0 Å². The van der Waals surface area contributed by atoms with Crippen LogP contribution in [0.3, 0.4) is 0 Å². The number of hydrogen-bond acceptors (Lipinski definition) is 3. The van der Waals surface area contributed by atoms with Gasteiger partial charge in [0, 0.05) is 5.38 Å². The fourth-order valence-electron chi connectivity index (χ4n) is 1.76. The second kappa shape index (κ2) is 4.55. The summed E-state index contributed by atoms with van der Waals surface area (Å²) in [7, 11) is 1.70. The molecule has 4 heteroatoms. The quantitative estimate of drug-likeness (QED) is 0.829. The van der Waals surface area contributed by atoms with Crippen LogP contribution in [0.1, 0.15) is 11.1 Å². The fraction of sp³-hybridized carbons (Fsp3) is 0.250. The lowest BCUT2D eigenvalue weighted by atomic mass is 10.1. The molecule has 0 aliphatic heterocycles. The Hall–Kier alpha value is -0.870. The summed E-state index contributed by atoms with van der Waals surface area (Å²) >= 11 is 4.98. The maximum absolute atomic E-state index is 5.45. The molecule has 0 aliphatic rings. The molecule has 0 unspecified atom stereocenters. The monoisotopic (exact) mass is 297 g/mol. The van der Waals surface area contributed by atoms with Crippen molar-refractivity contribution in [3.8, 4) is 16.3 Å². The van der Waals surface area contributed by atoms with Crippen LogP contribution in [0.4, 0.5) is 0 Å². The molecular weight excluding hydrogens is 286 g/mol. The van der Waals surface area contributed by atoms with Crippen LogP contribution in [0.2, 0.25) is 0 Å². The summed E-state index contributed by atoms with van der Waals surface area (Å²) < 4.78 is 6.32. The van der Waals surface area contributed by atoms with E-state index in [0.717, 1.165) is 26.5 Å². The third-order valence-corrected chi connectivity index (χ3v) is 3.91. The Morgan fingerprint density at radius 1 is 1.31 bits per heavy atom. The third kappa shape index (κ3) is 2.13. The summed E-state index contributed by atoms with van der Waals surface area (Å²) in [5.41, 5.74) is 3.43. The van der Waals surface area contributed by atoms with Crippen LogP contribution >= 0.6 is 27.3 Å². The molecule has 0 fully saturated rings. The van der Waals surface area contributed by atoms with Gasteiger partial charge in [-0.05, 0) is 47.0 Å². The van der Waals surface area contributed by atoms with Crippen molar-refractivity contribution in [2.45, 2.75) is 13.8 Å². The molecule has 0 N–H and O–H groups in total. The smallest absolute Gasteiger partial charge is 0.132 e. The molecule has 0 spiro atoms. The lowest BCUT2D eigenvalue weighted by molar-refractivity contribution is 0.413. The fourth-order valence-corrected chi connectivity index (χ4v) is 3.03. The van der Waals surface area contributed by atoms with Gasteiger partial charge in [-0.2, -0.15) is 0 Å². The van der Waals surface area contributed by atoms with Crippen molar-refractivity contribution in [1.82, 2.24) is 4.98 Å². The van der Waals surface area contributed by atoms with Crippen LogP contribution < -0.4 is 4.74 Å². The zero-order chi connectivity index (χ0) is 11.7. The molecule has 16 heavy (non-hydrogen) atoms. The van der Waals surface area contributed by atoms with Crippen LogP contribution in [0, 0.1) is 13.8 Å². The Morgan fingerprint density at radius 2 is 2.06 bits per heavy atom. The van der Waals surface area contributed by atoms with E-state index >= 15 is 0 Å². The second-order valence-electron chi connectivity index (χ2n) is 3.64. The largest absolute Gasteiger partial charge is 0.496 e. The molecule has 0 saturated heterocycles. The number of nitrogens with zero attached hydrogens (tertiary/aromatic N) is 1. The van der Waals surface area contributed by atoms with Gasteiger partial charge in [-0.15, -0.1) is 11.3 Å². The zero-order valence-electron chi connectivity index (χ0n) is 9.37. The Labute approximate surface area is 107 Å². The Kier molecular flexibility index (Phi) is 3.30. The predicted molar refractivity (Wildman–Crippen MR) is 71.3 cm³/mol. The van der Waals surface area contributed by atoms with Crippen molar-refractivity contribution < 1.29 is 4.74 Å². The van der Waals surface area contributed by atoms with Crippen LogP contribution in [0.25, 0.3) is 10.6 Å². The van der Waals surface area contributed by atoms with Crippen LogP contribution in [-0.2, 0) is 0 Å². The van der Waals surface area contributed by atoms with E-state index in [4.69, 9.17) is 4.74 Å². The van der Waals surface area contributed by atoms with E-state index < -0.39 is 0 Å². The molecule has 0 aliphatic carbocycles.